The number of hydrogen-bond donors (Lipinski definition) is 2. The molecular formula is C9H21N3. The first-order valence-electron chi connectivity index (χ1n) is 4.85. The van der Waals surface area contributed by atoms with E-state index < -0.39 is 0 Å². The molecule has 0 aromatic rings. The first-order chi connectivity index (χ1) is 5.79. The summed E-state index contributed by atoms with van der Waals surface area (Å²) < 4.78 is 0. The van der Waals surface area contributed by atoms with Gasteiger partial charge in [-0.3, -0.25) is 4.90 Å². The van der Waals surface area contributed by atoms with E-state index in [2.05, 4.69) is 29.6 Å². The van der Waals surface area contributed by atoms with Crippen LogP contribution in [0.2, 0.25) is 0 Å². The lowest BCUT2D eigenvalue weighted by atomic mass is 9.98. The number of rotatable bonds is 4. The molecule has 0 saturated carbocycles. The maximum Gasteiger partial charge on any atom is 0.0474 e. The number of piperidine rings is 1. The van der Waals surface area contributed by atoms with E-state index in [1.807, 2.05) is 0 Å². The Morgan fingerprint density at radius 2 is 2.00 bits per heavy atom. The van der Waals surface area contributed by atoms with Crippen LogP contribution in [-0.2, 0) is 0 Å². The molecule has 1 rings (SSSR count). The average Bonchev–Trinajstić information content (AvgIpc) is 2.05. The molecule has 0 aromatic carbocycles. The molecule has 1 heterocycles. The number of nitrogens with one attached hydrogen (secondary N) is 2. The summed E-state index contributed by atoms with van der Waals surface area (Å²) in [4.78, 5) is 2.17. The minimum Gasteiger partial charge on any atom is -0.317 e. The molecule has 1 fully saturated rings. The highest BCUT2D eigenvalue weighted by molar-refractivity contribution is 4.69. The summed E-state index contributed by atoms with van der Waals surface area (Å²) in [7, 11) is 4.19. The Hall–Kier alpha value is -0.120. The number of hydrogen-bond acceptors (Lipinski definition) is 3. The largest absolute Gasteiger partial charge is 0.317 e. The van der Waals surface area contributed by atoms with Crippen LogP contribution in [0.4, 0.5) is 0 Å². The normalized spacial score (nSPS) is 20.2. The zero-order valence-corrected chi connectivity index (χ0v) is 8.27. The Bertz CT molecular complexity index is 108. The molecule has 0 aromatic heterocycles. The third-order valence-electron chi connectivity index (χ3n) is 2.32. The lowest BCUT2D eigenvalue weighted by Crippen LogP contribution is -2.36. The second-order valence-corrected chi connectivity index (χ2v) is 3.89. The van der Waals surface area contributed by atoms with E-state index in [1.54, 1.807) is 0 Å². The second kappa shape index (κ2) is 5.51. The maximum absolute atomic E-state index is 3.45. The molecule has 0 spiro atoms. The third kappa shape index (κ3) is 4.04. The van der Waals surface area contributed by atoms with Crippen LogP contribution in [-0.4, -0.2) is 45.3 Å². The fourth-order valence-electron chi connectivity index (χ4n) is 1.58. The standard InChI is InChI=1S/C9H21N3/c1-12(2)8-11-7-9-3-5-10-6-4-9/h9-11H,3-8H2,1-2H3. The van der Waals surface area contributed by atoms with E-state index in [0.29, 0.717) is 0 Å². The van der Waals surface area contributed by atoms with Crippen molar-refractivity contribution in [2.75, 3.05) is 40.4 Å². The van der Waals surface area contributed by atoms with Gasteiger partial charge in [0.15, 0.2) is 0 Å². The van der Waals surface area contributed by atoms with Gasteiger partial charge in [0, 0.05) is 6.67 Å². The van der Waals surface area contributed by atoms with Gasteiger partial charge in [0.25, 0.3) is 0 Å². The van der Waals surface area contributed by atoms with Crippen molar-refractivity contribution < 1.29 is 0 Å². The Balaban J connectivity index is 1.98. The van der Waals surface area contributed by atoms with E-state index in [-0.39, 0.29) is 0 Å². The van der Waals surface area contributed by atoms with Crippen molar-refractivity contribution in [3.8, 4) is 0 Å². The Kier molecular flexibility index (Phi) is 4.58. The molecule has 2 N–H and O–H groups in total. The van der Waals surface area contributed by atoms with Crippen molar-refractivity contribution in [3.63, 3.8) is 0 Å². The number of nitrogens with zero attached hydrogens (tertiary/aromatic N) is 1. The van der Waals surface area contributed by atoms with Gasteiger partial charge in [0.1, 0.15) is 0 Å². The quantitative estimate of drug-likeness (QED) is 0.587. The van der Waals surface area contributed by atoms with Crippen molar-refractivity contribution in [1.82, 2.24) is 15.5 Å². The van der Waals surface area contributed by atoms with Crippen molar-refractivity contribution in [2.24, 2.45) is 5.92 Å². The molecule has 0 atom stereocenters. The molecule has 1 saturated heterocycles. The molecule has 12 heavy (non-hydrogen) atoms. The highest BCUT2D eigenvalue weighted by Crippen LogP contribution is 2.09. The highest BCUT2D eigenvalue weighted by atomic mass is 15.2. The van der Waals surface area contributed by atoms with Gasteiger partial charge >= 0.3 is 0 Å². The van der Waals surface area contributed by atoms with E-state index in [0.717, 1.165) is 12.6 Å². The lowest BCUT2D eigenvalue weighted by molar-refractivity contribution is 0.312. The predicted molar refractivity (Wildman–Crippen MR) is 52.2 cm³/mol. The fraction of sp³-hybridized carbons (Fsp3) is 1.00. The lowest BCUT2D eigenvalue weighted by Gasteiger charge is -2.23. The summed E-state index contributed by atoms with van der Waals surface area (Å²) in [5.41, 5.74) is 0. The van der Waals surface area contributed by atoms with Crippen LogP contribution in [0.5, 0.6) is 0 Å². The molecule has 3 nitrogen and oxygen atoms in total. The van der Waals surface area contributed by atoms with Crippen molar-refractivity contribution in [1.29, 1.82) is 0 Å². The van der Waals surface area contributed by atoms with Crippen LogP contribution >= 0.6 is 0 Å². The Morgan fingerprint density at radius 1 is 1.33 bits per heavy atom. The van der Waals surface area contributed by atoms with Gasteiger partial charge in [-0.2, -0.15) is 0 Å². The Labute approximate surface area is 75.5 Å². The molecule has 3 heteroatoms. The maximum atomic E-state index is 3.45. The van der Waals surface area contributed by atoms with Gasteiger partial charge in [-0.25, -0.2) is 0 Å². The predicted octanol–water partition coefficient (Wildman–Crippen LogP) is 0.0947. The summed E-state index contributed by atoms with van der Waals surface area (Å²) in [5.74, 6) is 0.895. The molecule has 0 aliphatic carbocycles. The summed E-state index contributed by atoms with van der Waals surface area (Å²) in [6, 6.07) is 0. The molecule has 0 amide bonds. The van der Waals surface area contributed by atoms with Crippen molar-refractivity contribution in [2.45, 2.75) is 12.8 Å². The Morgan fingerprint density at radius 3 is 2.58 bits per heavy atom. The summed E-state index contributed by atoms with van der Waals surface area (Å²) in [6.07, 6.45) is 2.67. The molecule has 72 valence electrons. The molecule has 1 aliphatic rings. The van der Waals surface area contributed by atoms with Gasteiger partial charge in [-0.1, -0.05) is 0 Å². The third-order valence-corrected chi connectivity index (χ3v) is 2.32. The van der Waals surface area contributed by atoms with Crippen LogP contribution in [0.3, 0.4) is 0 Å². The van der Waals surface area contributed by atoms with Crippen molar-refractivity contribution >= 4 is 0 Å². The summed E-state index contributed by atoms with van der Waals surface area (Å²) in [6.45, 7) is 4.59. The minimum atomic E-state index is 0.895. The molecule has 1 aliphatic heterocycles. The smallest absolute Gasteiger partial charge is 0.0474 e. The van der Waals surface area contributed by atoms with Crippen LogP contribution in [0.25, 0.3) is 0 Å². The first-order valence-corrected chi connectivity index (χ1v) is 4.85. The second-order valence-electron chi connectivity index (χ2n) is 3.89. The van der Waals surface area contributed by atoms with Gasteiger partial charge in [-0.05, 0) is 52.5 Å². The van der Waals surface area contributed by atoms with Crippen LogP contribution in [0.1, 0.15) is 12.8 Å². The van der Waals surface area contributed by atoms with E-state index >= 15 is 0 Å². The van der Waals surface area contributed by atoms with E-state index in [1.165, 1.54) is 32.5 Å². The molecular weight excluding hydrogens is 150 g/mol. The summed E-state index contributed by atoms with van der Waals surface area (Å²) >= 11 is 0. The van der Waals surface area contributed by atoms with Gasteiger partial charge < -0.3 is 10.6 Å². The van der Waals surface area contributed by atoms with Crippen LogP contribution in [0.15, 0.2) is 0 Å². The topological polar surface area (TPSA) is 27.3 Å². The average molecular weight is 171 g/mol. The van der Waals surface area contributed by atoms with Gasteiger partial charge in [0.05, 0.1) is 0 Å². The fourth-order valence-corrected chi connectivity index (χ4v) is 1.58. The monoisotopic (exact) mass is 171 g/mol. The highest BCUT2D eigenvalue weighted by Gasteiger charge is 2.11. The van der Waals surface area contributed by atoms with E-state index in [4.69, 9.17) is 0 Å². The summed E-state index contributed by atoms with van der Waals surface area (Å²) in [5, 5.41) is 6.83. The van der Waals surface area contributed by atoms with Crippen LogP contribution < -0.4 is 10.6 Å². The molecule has 0 radical (unpaired) electrons. The first kappa shape index (κ1) is 9.96. The SMILES string of the molecule is CN(C)CNCC1CCNCC1. The van der Waals surface area contributed by atoms with Crippen molar-refractivity contribution in [3.05, 3.63) is 0 Å². The zero-order chi connectivity index (χ0) is 8.81. The molecule has 0 unspecified atom stereocenters. The van der Waals surface area contributed by atoms with Gasteiger partial charge in [-0.15, -0.1) is 0 Å². The zero-order valence-electron chi connectivity index (χ0n) is 8.27. The minimum absolute atomic E-state index is 0.895. The molecule has 0 bridgehead atoms. The van der Waals surface area contributed by atoms with E-state index in [9.17, 15) is 0 Å². The van der Waals surface area contributed by atoms with Gasteiger partial charge in [0.2, 0.25) is 0 Å². The van der Waals surface area contributed by atoms with Crippen LogP contribution in [0, 0.1) is 5.92 Å².